The first kappa shape index (κ1) is 13.8. The summed E-state index contributed by atoms with van der Waals surface area (Å²) in [7, 11) is 0. The Balaban J connectivity index is 1.61. The van der Waals surface area contributed by atoms with Crippen LogP contribution >= 0.6 is 11.6 Å². The molecule has 4 nitrogen and oxygen atoms in total. The predicted octanol–water partition coefficient (Wildman–Crippen LogP) is 2.66. The van der Waals surface area contributed by atoms with Gasteiger partial charge >= 0.3 is 0 Å². The number of nitrogens with two attached hydrogens (primary N) is 1. The molecule has 2 atom stereocenters. The molecule has 3 aliphatic heterocycles. The number of rotatable bonds is 2. The summed E-state index contributed by atoms with van der Waals surface area (Å²) in [5, 5.41) is 0.763. The molecule has 0 aliphatic carbocycles. The van der Waals surface area contributed by atoms with Gasteiger partial charge in [0.05, 0.1) is 6.61 Å². The third-order valence-corrected chi connectivity index (χ3v) is 5.24. The molecular formula is C16H21ClN2O2. The minimum absolute atomic E-state index is 0.333. The normalized spacial score (nSPS) is 31.8. The van der Waals surface area contributed by atoms with Crippen molar-refractivity contribution in [3.63, 3.8) is 0 Å². The maximum atomic E-state index is 6.26. The quantitative estimate of drug-likeness (QED) is 0.912. The summed E-state index contributed by atoms with van der Waals surface area (Å²) in [6.07, 6.45) is 4.77. The lowest BCUT2D eigenvalue weighted by Gasteiger charge is -2.38. The molecule has 0 amide bonds. The Morgan fingerprint density at radius 1 is 1.24 bits per heavy atom. The highest BCUT2D eigenvalue weighted by Crippen LogP contribution is 2.39. The average molecular weight is 309 g/mol. The second-order valence-corrected chi connectivity index (χ2v) is 6.89. The van der Waals surface area contributed by atoms with E-state index in [0.717, 1.165) is 35.7 Å². The minimum Gasteiger partial charge on any atom is -0.467 e. The molecule has 21 heavy (non-hydrogen) atoms. The Morgan fingerprint density at radius 2 is 2.00 bits per heavy atom. The maximum absolute atomic E-state index is 6.26. The van der Waals surface area contributed by atoms with Crippen LogP contribution in [0, 0.1) is 0 Å². The van der Waals surface area contributed by atoms with Crippen molar-refractivity contribution in [2.45, 2.75) is 57.0 Å². The van der Waals surface area contributed by atoms with Crippen molar-refractivity contribution in [2.24, 2.45) is 5.73 Å². The number of benzene rings is 1. The van der Waals surface area contributed by atoms with E-state index in [1.165, 1.54) is 18.4 Å². The molecule has 4 rings (SSSR count). The van der Waals surface area contributed by atoms with Gasteiger partial charge < -0.3 is 15.2 Å². The van der Waals surface area contributed by atoms with Gasteiger partial charge in [0.15, 0.2) is 6.79 Å². The summed E-state index contributed by atoms with van der Waals surface area (Å²) >= 11 is 6.26. The van der Waals surface area contributed by atoms with E-state index in [0.29, 0.717) is 31.5 Å². The molecule has 0 spiro atoms. The van der Waals surface area contributed by atoms with Crippen LogP contribution in [0.5, 0.6) is 5.75 Å². The van der Waals surface area contributed by atoms with Crippen LogP contribution in [0.2, 0.25) is 5.02 Å². The summed E-state index contributed by atoms with van der Waals surface area (Å²) < 4.78 is 11.1. The molecule has 0 saturated carbocycles. The van der Waals surface area contributed by atoms with Gasteiger partial charge in [-0.2, -0.15) is 0 Å². The summed E-state index contributed by atoms with van der Waals surface area (Å²) in [6.45, 7) is 1.82. The third kappa shape index (κ3) is 2.55. The molecule has 3 aliphatic rings. The van der Waals surface area contributed by atoms with Gasteiger partial charge in [-0.3, -0.25) is 4.90 Å². The molecule has 114 valence electrons. The summed E-state index contributed by atoms with van der Waals surface area (Å²) in [5.74, 6) is 0.972. The zero-order valence-electron chi connectivity index (χ0n) is 12.1. The van der Waals surface area contributed by atoms with E-state index >= 15 is 0 Å². The Hall–Kier alpha value is -0.810. The minimum atomic E-state index is 0.333. The van der Waals surface area contributed by atoms with Crippen molar-refractivity contribution in [3.05, 3.63) is 28.3 Å². The van der Waals surface area contributed by atoms with Gasteiger partial charge in [0.2, 0.25) is 0 Å². The molecular weight excluding hydrogens is 288 g/mol. The fraction of sp³-hybridized carbons (Fsp3) is 0.625. The fourth-order valence-corrected chi connectivity index (χ4v) is 4.41. The van der Waals surface area contributed by atoms with Gasteiger partial charge in [-0.05, 0) is 37.8 Å². The molecule has 2 unspecified atom stereocenters. The van der Waals surface area contributed by atoms with E-state index in [9.17, 15) is 0 Å². The molecule has 3 heterocycles. The summed E-state index contributed by atoms with van der Waals surface area (Å²) in [5.41, 5.74) is 8.41. The van der Waals surface area contributed by atoms with E-state index in [2.05, 4.69) is 4.90 Å². The summed E-state index contributed by atoms with van der Waals surface area (Å²) in [4.78, 5) is 2.61. The smallest absolute Gasteiger partial charge is 0.189 e. The van der Waals surface area contributed by atoms with Crippen molar-refractivity contribution < 1.29 is 9.47 Å². The van der Waals surface area contributed by atoms with Crippen molar-refractivity contribution in [3.8, 4) is 5.75 Å². The lowest BCUT2D eigenvalue weighted by atomic mass is 9.97. The topological polar surface area (TPSA) is 47.7 Å². The average Bonchev–Trinajstić information content (AvgIpc) is 2.69. The number of nitrogens with zero attached hydrogens (tertiary/aromatic N) is 1. The Kier molecular flexibility index (Phi) is 3.58. The predicted molar refractivity (Wildman–Crippen MR) is 81.3 cm³/mol. The summed E-state index contributed by atoms with van der Waals surface area (Å²) in [6, 6.07) is 5.60. The first-order chi connectivity index (χ1) is 10.2. The van der Waals surface area contributed by atoms with Gasteiger partial charge in [-0.1, -0.05) is 11.6 Å². The zero-order chi connectivity index (χ0) is 14.4. The maximum Gasteiger partial charge on any atom is 0.189 e. The zero-order valence-corrected chi connectivity index (χ0v) is 12.8. The van der Waals surface area contributed by atoms with Gasteiger partial charge in [-0.15, -0.1) is 0 Å². The first-order valence-electron chi connectivity index (χ1n) is 7.74. The van der Waals surface area contributed by atoms with Gasteiger partial charge in [-0.25, -0.2) is 0 Å². The highest BCUT2D eigenvalue weighted by atomic mass is 35.5. The van der Waals surface area contributed by atoms with Crippen molar-refractivity contribution in [1.29, 1.82) is 0 Å². The Bertz CT molecular complexity index is 537. The number of fused-ring (bicyclic) bond motifs is 3. The van der Waals surface area contributed by atoms with Gasteiger partial charge in [0.1, 0.15) is 5.75 Å². The fourth-order valence-electron chi connectivity index (χ4n) is 4.15. The number of halogens is 1. The number of piperidine rings is 1. The van der Waals surface area contributed by atoms with Gasteiger partial charge in [0, 0.05) is 40.8 Å². The largest absolute Gasteiger partial charge is 0.467 e. The number of hydrogen-bond donors (Lipinski definition) is 1. The van der Waals surface area contributed by atoms with Crippen LogP contribution in [0.4, 0.5) is 0 Å². The van der Waals surface area contributed by atoms with E-state index in [1.54, 1.807) is 0 Å². The Morgan fingerprint density at radius 3 is 2.76 bits per heavy atom. The molecule has 1 aromatic rings. The van der Waals surface area contributed by atoms with Crippen molar-refractivity contribution in [2.75, 3.05) is 6.79 Å². The van der Waals surface area contributed by atoms with Crippen LogP contribution in [-0.4, -0.2) is 29.8 Å². The SMILES string of the molecule is NC1CC2CCC(C1)N2Cc1cc(Cl)cc2c1OCOC2. The molecule has 1 aromatic carbocycles. The van der Waals surface area contributed by atoms with Crippen molar-refractivity contribution in [1.82, 2.24) is 4.90 Å². The highest BCUT2D eigenvalue weighted by Gasteiger charge is 2.39. The highest BCUT2D eigenvalue weighted by molar-refractivity contribution is 6.30. The standard InChI is InChI=1S/C16H21ClN2O2/c17-12-3-10(16-11(4-12)8-20-9-21-16)7-19-14-1-2-15(19)6-13(18)5-14/h3-4,13-15H,1-2,5-9,18H2. The lowest BCUT2D eigenvalue weighted by Crippen LogP contribution is -2.46. The first-order valence-corrected chi connectivity index (χ1v) is 8.11. The monoisotopic (exact) mass is 308 g/mol. The van der Waals surface area contributed by atoms with Crippen LogP contribution in [0.1, 0.15) is 36.8 Å². The lowest BCUT2D eigenvalue weighted by molar-refractivity contribution is -0.0178. The van der Waals surface area contributed by atoms with Crippen LogP contribution in [0.25, 0.3) is 0 Å². The molecule has 2 bridgehead atoms. The van der Waals surface area contributed by atoms with Crippen LogP contribution < -0.4 is 10.5 Å². The van der Waals surface area contributed by atoms with Gasteiger partial charge in [0.25, 0.3) is 0 Å². The van der Waals surface area contributed by atoms with E-state index < -0.39 is 0 Å². The van der Waals surface area contributed by atoms with Crippen LogP contribution in [0.3, 0.4) is 0 Å². The van der Waals surface area contributed by atoms with E-state index in [4.69, 9.17) is 26.8 Å². The molecule has 5 heteroatoms. The van der Waals surface area contributed by atoms with Crippen LogP contribution in [-0.2, 0) is 17.9 Å². The molecule has 2 fully saturated rings. The second kappa shape index (κ2) is 5.43. The van der Waals surface area contributed by atoms with Crippen molar-refractivity contribution >= 4 is 11.6 Å². The second-order valence-electron chi connectivity index (χ2n) is 6.45. The molecule has 2 saturated heterocycles. The number of ether oxygens (including phenoxy) is 2. The Labute approximate surface area is 130 Å². The number of hydrogen-bond acceptors (Lipinski definition) is 4. The molecule has 0 aromatic heterocycles. The molecule has 0 radical (unpaired) electrons. The third-order valence-electron chi connectivity index (χ3n) is 5.03. The molecule has 2 N–H and O–H groups in total. The van der Waals surface area contributed by atoms with E-state index in [-0.39, 0.29) is 0 Å². The van der Waals surface area contributed by atoms with E-state index in [1.807, 2.05) is 12.1 Å². The van der Waals surface area contributed by atoms with Crippen LogP contribution in [0.15, 0.2) is 12.1 Å².